The molecule has 2 aliphatic heterocycles. The Hall–Kier alpha value is -0.710. The highest BCUT2D eigenvalue weighted by Crippen LogP contribution is 2.29. The third-order valence-corrected chi connectivity index (χ3v) is 2.05. The van der Waals surface area contributed by atoms with E-state index < -0.39 is 12.4 Å². The van der Waals surface area contributed by atoms with Crippen molar-refractivity contribution in [3.63, 3.8) is 0 Å². The van der Waals surface area contributed by atoms with Crippen LogP contribution in [0.15, 0.2) is 12.2 Å². The highest BCUT2D eigenvalue weighted by atomic mass is 16.7. The Labute approximate surface area is 69.8 Å². The molecule has 66 valence electrons. The van der Waals surface area contributed by atoms with Crippen LogP contribution in [0.5, 0.6) is 0 Å². The number of rotatable bonds is 1. The van der Waals surface area contributed by atoms with Gasteiger partial charge in [-0.15, -0.1) is 0 Å². The van der Waals surface area contributed by atoms with E-state index in [1.54, 1.807) is 0 Å². The summed E-state index contributed by atoms with van der Waals surface area (Å²) in [6.45, 7) is 1.87. The number of hydrogen-bond acceptors (Lipinski definition) is 4. The van der Waals surface area contributed by atoms with Gasteiger partial charge in [0, 0.05) is 0 Å². The zero-order valence-corrected chi connectivity index (χ0v) is 6.64. The van der Waals surface area contributed by atoms with Gasteiger partial charge in [-0.25, -0.2) is 0 Å². The molecule has 4 atom stereocenters. The maximum Gasteiger partial charge on any atom is 0.187 e. The van der Waals surface area contributed by atoms with Crippen molar-refractivity contribution in [2.24, 2.45) is 0 Å². The van der Waals surface area contributed by atoms with Crippen LogP contribution in [0.1, 0.15) is 6.92 Å². The van der Waals surface area contributed by atoms with Gasteiger partial charge in [0.15, 0.2) is 18.2 Å². The molecule has 0 saturated carbocycles. The molecule has 1 N–H and O–H groups in total. The average molecular weight is 170 g/mol. The lowest BCUT2D eigenvalue weighted by molar-refractivity contribution is -0.150. The van der Waals surface area contributed by atoms with Gasteiger partial charge in [-0.1, -0.05) is 0 Å². The van der Waals surface area contributed by atoms with Crippen molar-refractivity contribution in [2.75, 3.05) is 0 Å². The number of aliphatic hydroxyl groups excluding tert-OH is 1. The molecule has 12 heavy (non-hydrogen) atoms. The molecule has 2 rings (SSSR count). The number of ether oxygens (including phenoxy) is 2. The van der Waals surface area contributed by atoms with Gasteiger partial charge in [-0.3, -0.25) is 4.79 Å². The summed E-state index contributed by atoms with van der Waals surface area (Å²) >= 11 is 0. The average Bonchev–Trinajstić information content (AvgIpc) is 2.73. The van der Waals surface area contributed by atoms with Crippen molar-refractivity contribution in [1.29, 1.82) is 0 Å². The number of aliphatic hydroxyl groups is 1. The number of epoxide rings is 1. The Kier molecular flexibility index (Phi) is 1.75. The fourth-order valence-electron chi connectivity index (χ4n) is 1.29. The van der Waals surface area contributed by atoms with Crippen molar-refractivity contribution in [3.8, 4) is 0 Å². The molecule has 0 aromatic heterocycles. The van der Waals surface area contributed by atoms with E-state index in [0.29, 0.717) is 0 Å². The van der Waals surface area contributed by atoms with E-state index in [1.807, 2.05) is 6.92 Å². The highest BCUT2D eigenvalue weighted by molar-refractivity contribution is 5.95. The second-order valence-corrected chi connectivity index (χ2v) is 3.01. The van der Waals surface area contributed by atoms with Gasteiger partial charge in [-0.05, 0) is 19.1 Å². The smallest absolute Gasteiger partial charge is 0.187 e. The summed E-state index contributed by atoms with van der Waals surface area (Å²) in [6.07, 6.45) is 0.984. The van der Waals surface area contributed by atoms with E-state index in [1.165, 1.54) is 12.2 Å². The van der Waals surface area contributed by atoms with E-state index in [-0.39, 0.29) is 18.0 Å². The highest BCUT2D eigenvalue weighted by Gasteiger charge is 2.46. The lowest BCUT2D eigenvalue weighted by Gasteiger charge is -2.19. The molecule has 0 bridgehead atoms. The van der Waals surface area contributed by atoms with E-state index >= 15 is 0 Å². The standard InChI is InChI=1S/C8H10O4/c1-4-7(11-4)8-5(9)2-3-6(10)12-8/h2-4,6-8,10H,1H3/t4-,6?,7-,8-/m1/s1. The van der Waals surface area contributed by atoms with E-state index in [2.05, 4.69) is 0 Å². The van der Waals surface area contributed by atoms with Crippen molar-refractivity contribution in [3.05, 3.63) is 12.2 Å². The molecule has 0 amide bonds. The predicted octanol–water partition coefficient (Wildman–Crippen LogP) is -0.384. The molecule has 4 nitrogen and oxygen atoms in total. The molecule has 1 saturated heterocycles. The summed E-state index contributed by atoms with van der Waals surface area (Å²) < 4.78 is 10.1. The maximum atomic E-state index is 11.2. The Morgan fingerprint density at radius 1 is 1.50 bits per heavy atom. The number of hydrogen-bond donors (Lipinski definition) is 1. The predicted molar refractivity (Wildman–Crippen MR) is 39.4 cm³/mol. The second kappa shape index (κ2) is 2.65. The van der Waals surface area contributed by atoms with Crippen molar-refractivity contribution in [2.45, 2.75) is 31.5 Å². The summed E-state index contributed by atoms with van der Waals surface area (Å²) in [5, 5.41) is 9.04. The molecule has 4 heteroatoms. The molecule has 0 aromatic carbocycles. The van der Waals surface area contributed by atoms with Crippen LogP contribution < -0.4 is 0 Å². The Morgan fingerprint density at radius 3 is 2.75 bits per heavy atom. The third-order valence-electron chi connectivity index (χ3n) is 2.05. The monoisotopic (exact) mass is 170 g/mol. The van der Waals surface area contributed by atoms with Crippen LogP contribution in [0.2, 0.25) is 0 Å². The SMILES string of the molecule is C[C@H]1O[C@H]1[C@@H]1OC(O)C=CC1=O. The largest absolute Gasteiger partial charge is 0.367 e. The van der Waals surface area contributed by atoms with E-state index in [4.69, 9.17) is 14.6 Å². The van der Waals surface area contributed by atoms with Gasteiger partial charge in [0.05, 0.1) is 6.10 Å². The lowest BCUT2D eigenvalue weighted by atomic mass is 10.1. The quantitative estimate of drug-likeness (QED) is 0.545. The number of carbonyl (C=O) groups excluding carboxylic acids is 1. The fourth-order valence-corrected chi connectivity index (χ4v) is 1.29. The van der Waals surface area contributed by atoms with E-state index in [0.717, 1.165) is 0 Å². The Morgan fingerprint density at radius 2 is 2.17 bits per heavy atom. The molecular formula is C8H10O4. The normalized spacial score (nSPS) is 46.3. The summed E-state index contributed by atoms with van der Waals surface area (Å²) in [6, 6.07) is 0. The summed E-state index contributed by atoms with van der Waals surface area (Å²) in [5.41, 5.74) is 0. The lowest BCUT2D eigenvalue weighted by Crippen LogP contribution is -2.36. The van der Waals surface area contributed by atoms with Crippen LogP contribution in [0.4, 0.5) is 0 Å². The summed E-state index contributed by atoms with van der Waals surface area (Å²) in [5.74, 6) is -0.130. The van der Waals surface area contributed by atoms with Gasteiger partial charge in [0.1, 0.15) is 6.10 Å². The zero-order valence-electron chi connectivity index (χ0n) is 6.64. The van der Waals surface area contributed by atoms with Gasteiger partial charge in [0.2, 0.25) is 0 Å². The van der Waals surface area contributed by atoms with Crippen molar-refractivity contribution < 1.29 is 19.4 Å². The summed E-state index contributed by atoms with van der Waals surface area (Å²) in [4.78, 5) is 11.2. The van der Waals surface area contributed by atoms with Crippen LogP contribution in [0.25, 0.3) is 0 Å². The zero-order chi connectivity index (χ0) is 8.72. The van der Waals surface area contributed by atoms with Crippen molar-refractivity contribution in [1.82, 2.24) is 0 Å². The molecule has 1 unspecified atom stereocenters. The number of carbonyl (C=O) groups is 1. The van der Waals surface area contributed by atoms with Gasteiger partial charge in [-0.2, -0.15) is 0 Å². The second-order valence-electron chi connectivity index (χ2n) is 3.01. The first kappa shape index (κ1) is 7.91. The maximum absolute atomic E-state index is 11.2. The van der Waals surface area contributed by atoms with Crippen LogP contribution in [0, 0.1) is 0 Å². The third kappa shape index (κ3) is 1.29. The molecule has 0 aromatic rings. The minimum atomic E-state index is -0.968. The van der Waals surface area contributed by atoms with Crippen LogP contribution >= 0.6 is 0 Å². The fraction of sp³-hybridized carbons (Fsp3) is 0.625. The molecule has 1 fully saturated rings. The first-order valence-corrected chi connectivity index (χ1v) is 3.89. The minimum absolute atomic E-state index is 0.0673. The van der Waals surface area contributed by atoms with Crippen LogP contribution in [-0.2, 0) is 14.3 Å². The molecule has 2 aliphatic rings. The first-order valence-electron chi connectivity index (χ1n) is 3.89. The summed E-state index contributed by atoms with van der Waals surface area (Å²) in [7, 11) is 0. The minimum Gasteiger partial charge on any atom is -0.367 e. The molecular weight excluding hydrogens is 160 g/mol. The molecule has 0 spiro atoms. The van der Waals surface area contributed by atoms with Crippen molar-refractivity contribution >= 4 is 5.78 Å². The Bertz CT molecular complexity index is 235. The first-order chi connectivity index (χ1) is 5.68. The van der Waals surface area contributed by atoms with Gasteiger partial charge in [0.25, 0.3) is 0 Å². The van der Waals surface area contributed by atoms with Crippen LogP contribution in [0.3, 0.4) is 0 Å². The van der Waals surface area contributed by atoms with Crippen LogP contribution in [-0.4, -0.2) is 35.5 Å². The molecule has 0 aliphatic carbocycles. The van der Waals surface area contributed by atoms with E-state index in [9.17, 15) is 4.79 Å². The number of ketones is 1. The van der Waals surface area contributed by atoms with Gasteiger partial charge < -0.3 is 14.6 Å². The topological polar surface area (TPSA) is 59.1 Å². The molecule has 2 heterocycles. The Balaban J connectivity index is 2.06. The van der Waals surface area contributed by atoms with Gasteiger partial charge >= 0.3 is 0 Å². The molecule has 0 radical (unpaired) electrons.